The highest BCUT2D eigenvalue weighted by atomic mass is 31.2. The minimum Gasteiger partial charge on any atom is -0.776 e. The lowest BCUT2D eigenvalue weighted by molar-refractivity contribution is -0.920. The second kappa shape index (κ2) is 5.20. The second-order valence-corrected chi connectivity index (χ2v) is 9.66. The zero-order valence-corrected chi connectivity index (χ0v) is 12.8. The number of likely N-dealkylation sites (tertiary alicyclic amines) is 1. The van der Waals surface area contributed by atoms with Gasteiger partial charge in [0.15, 0.2) is 7.60 Å². The molecule has 0 aromatic heterocycles. The quantitative estimate of drug-likeness (QED) is 0.400. The Hall–Kier alpha value is 0.220. The first-order valence-electron chi connectivity index (χ1n) is 5.96. The van der Waals surface area contributed by atoms with Crippen molar-refractivity contribution in [1.29, 1.82) is 0 Å². The van der Waals surface area contributed by atoms with Gasteiger partial charge in [0.25, 0.3) is 0 Å². The predicted molar refractivity (Wildman–Crippen MR) is 66.1 cm³/mol. The van der Waals surface area contributed by atoms with Gasteiger partial charge in [0.05, 0.1) is 26.7 Å². The molecule has 0 amide bonds. The van der Waals surface area contributed by atoms with Crippen LogP contribution in [0.5, 0.6) is 0 Å². The molecule has 19 heavy (non-hydrogen) atoms. The fourth-order valence-corrected chi connectivity index (χ4v) is 4.70. The Morgan fingerprint density at radius 3 is 2.16 bits per heavy atom. The maximum Gasteiger partial charge on any atom is 0.365 e. The van der Waals surface area contributed by atoms with E-state index in [-0.39, 0.29) is 0 Å². The van der Waals surface area contributed by atoms with Crippen molar-refractivity contribution in [2.45, 2.75) is 36.8 Å². The van der Waals surface area contributed by atoms with Gasteiger partial charge in [-0.1, -0.05) is 0 Å². The molecule has 0 aromatic rings. The topological polar surface area (TPSA) is 138 Å². The van der Waals surface area contributed by atoms with Crippen LogP contribution in [0.4, 0.5) is 0 Å². The Balaban J connectivity index is 3.10. The van der Waals surface area contributed by atoms with E-state index in [9.17, 15) is 19.1 Å². The molecule has 1 aliphatic heterocycles. The molecular formula is C9H21NO7P2. The minimum atomic E-state index is -5.60. The van der Waals surface area contributed by atoms with E-state index < -0.39 is 32.7 Å². The van der Waals surface area contributed by atoms with Gasteiger partial charge in [0.1, 0.15) is 0 Å². The van der Waals surface area contributed by atoms with Crippen LogP contribution in [-0.2, 0) is 9.13 Å². The van der Waals surface area contributed by atoms with E-state index in [0.717, 1.165) is 19.4 Å². The van der Waals surface area contributed by atoms with Crippen molar-refractivity contribution in [2.75, 3.05) is 20.6 Å². The van der Waals surface area contributed by atoms with Crippen LogP contribution in [0.15, 0.2) is 0 Å². The summed E-state index contributed by atoms with van der Waals surface area (Å²) in [4.78, 5) is 38.4. The average Bonchev–Trinajstić information content (AvgIpc) is 2.17. The molecule has 1 aliphatic rings. The van der Waals surface area contributed by atoms with Gasteiger partial charge in [-0.15, -0.1) is 0 Å². The highest BCUT2D eigenvalue weighted by molar-refractivity contribution is 7.71. The van der Waals surface area contributed by atoms with Crippen molar-refractivity contribution in [2.24, 2.45) is 0 Å². The first kappa shape index (κ1) is 17.3. The molecule has 10 heteroatoms. The maximum atomic E-state index is 11.3. The predicted octanol–water partition coefficient (Wildman–Crippen LogP) is -0.625. The monoisotopic (exact) mass is 317 g/mol. The van der Waals surface area contributed by atoms with Crippen LogP contribution in [0.1, 0.15) is 25.7 Å². The van der Waals surface area contributed by atoms with Gasteiger partial charge in [-0.25, -0.2) is 0 Å². The standard InChI is InChI=1S/C9H21NO7P2/c1-10(2)6-4-3-5-8(10)7-9(11,18(12,13)14)19(15,16)17/h8,11H,3-7H2,1-2H3,(H3-,12,13,14,15,16,17). The molecule has 1 fully saturated rings. The van der Waals surface area contributed by atoms with Gasteiger partial charge in [0, 0.05) is 6.42 Å². The number of hydrogen-bond donors (Lipinski definition) is 4. The van der Waals surface area contributed by atoms with E-state index in [2.05, 4.69) is 0 Å². The van der Waals surface area contributed by atoms with E-state index in [1.165, 1.54) is 0 Å². The molecule has 114 valence electrons. The molecule has 1 saturated heterocycles. The van der Waals surface area contributed by atoms with E-state index in [1.807, 2.05) is 0 Å². The van der Waals surface area contributed by atoms with Crippen molar-refractivity contribution in [3.8, 4) is 0 Å². The van der Waals surface area contributed by atoms with Crippen molar-refractivity contribution in [1.82, 2.24) is 0 Å². The Kier molecular flexibility index (Phi) is 4.73. The molecule has 4 N–H and O–H groups in total. The smallest absolute Gasteiger partial charge is 0.365 e. The third-order valence-electron chi connectivity index (χ3n) is 3.94. The minimum absolute atomic E-state index is 0.350. The third kappa shape index (κ3) is 3.46. The molecule has 0 aromatic carbocycles. The summed E-state index contributed by atoms with van der Waals surface area (Å²) in [5.41, 5.74) is 0. The van der Waals surface area contributed by atoms with Crippen molar-refractivity contribution in [3.05, 3.63) is 0 Å². The molecule has 3 unspecified atom stereocenters. The molecule has 1 rings (SSSR count). The first-order chi connectivity index (χ1) is 8.31. The zero-order chi connectivity index (χ0) is 15.1. The van der Waals surface area contributed by atoms with Crippen molar-refractivity contribution in [3.63, 3.8) is 0 Å². The summed E-state index contributed by atoms with van der Waals surface area (Å²) in [6.07, 6.45) is 1.57. The van der Waals surface area contributed by atoms with Crippen LogP contribution in [0.25, 0.3) is 0 Å². The number of rotatable bonds is 4. The van der Waals surface area contributed by atoms with Crippen LogP contribution in [0.2, 0.25) is 0 Å². The Morgan fingerprint density at radius 2 is 1.79 bits per heavy atom. The number of aliphatic hydroxyl groups is 1. The SMILES string of the molecule is C[N+]1(C)CCCCC1CC(O)(P(=O)([O-])O)P(=O)(O)O. The highest BCUT2D eigenvalue weighted by Crippen LogP contribution is 2.67. The van der Waals surface area contributed by atoms with Crippen LogP contribution in [0, 0.1) is 0 Å². The van der Waals surface area contributed by atoms with Crippen LogP contribution < -0.4 is 4.89 Å². The first-order valence-corrected chi connectivity index (χ1v) is 9.15. The molecular weight excluding hydrogens is 296 g/mol. The molecule has 0 bridgehead atoms. The van der Waals surface area contributed by atoms with Crippen LogP contribution in [0.3, 0.4) is 0 Å². The summed E-state index contributed by atoms with van der Waals surface area (Å²) >= 11 is 0. The Morgan fingerprint density at radius 1 is 1.26 bits per heavy atom. The van der Waals surface area contributed by atoms with E-state index >= 15 is 0 Å². The molecule has 3 atom stereocenters. The number of hydrogen-bond acceptors (Lipinski definition) is 4. The fraction of sp³-hybridized carbons (Fsp3) is 1.00. The molecule has 0 radical (unpaired) electrons. The summed E-state index contributed by atoms with van der Waals surface area (Å²) in [6, 6.07) is -0.444. The van der Waals surface area contributed by atoms with E-state index in [1.54, 1.807) is 14.1 Å². The van der Waals surface area contributed by atoms with Crippen molar-refractivity contribution >= 4 is 15.2 Å². The largest absolute Gasteiger partial charge is 0.776 e. The lowest BCUT2D eigenvalue weighted by Gasteiger charge is -2.46. The number of nitrogens with zero attached hydrogens (tertiary/aromatic N) is 1. The maximum absolute atomic E-state index is 11.3. The Labute approximate surface area is 112 Å². The average molecular weight is 317 g/mol. The van der Waals surface area contributed by atoms with Gasteiger partial charge in [-0.05, 0) is 19.3 Å². The molecule has 0 spiro atoms. The summed E-state index contributed by atoms with van der Waals surface area (Å²) in [6.45, 7) is 0.719. The summed E-state index contributed by atoms with van der Waals surface area (Å²) < 4.78 is 22.9. The zero-order valence-electron chi connectivity index (χ0n) is 11.0. The summed E-state index contributed by atoms with van der Waals surface area (Å²) in [5.74, 6) is 0. The van der Waals surface area contributed by atoms with Crippen molar-refractivity contribution < 1.29 is 38.3 Å². The number of quaternary nitrogens is 1. The highest BCUT2D eigenvalue weighted by Gasteiger charge is 2.56. The van der Waals surface area contributed by atoms with E-state index in [4.69, 9.17) is 14.7 Å². The lowest BCUT2D eigenvalue weighted by atomic mass is 9.97. The van der Waals surface area contributed by atoms with Crippen LogP contribution in [-0.4, -0.2) is 56.0 Å². The molecule has 0 aliphatic carbocycles. The van der Waals surface area contributed by atoms with Gasteiger partial charge < -0.3 is 33.7 Å². The fourth-order valence-electron chi connectivity index (χ4n) is 2.50. The molecule has 1 heterocycles. The Bertz CT molecular complexity index is 404. The van der Waals surface area contributed by atoms with Gasteiger partial charge in [-0.2, -0.15) is 0 Å². The van der Waals surface area contributed by atoms with Gasteiger partial charge in [-0.3, -0.25) is 4.57 Å². The van der Waals surface area contributed by atoms with Crippen LogP contribution >= 0.6 is 15.2 Å². The lowest BCUT2D eigenvalue weighted by Crippen LogP contribution is -2.55. The second-order valence-electron chi connectivity index (χ2n) is 5.69. The third-order valence-corrected chi connectivity index (χ3v) is 7.68. The van der Waals surface area contributed by atoms with Gasteiger partial charge >= 0.3 is 7.60 Å². The molecule has 8 nitrogen and oxygen atoms in total. The normalized spacial score (nSPS) is 30.4. The summed E-state index contributed by atoms with van der Waals surface area (Å²) in [5, 5.41) is 6.46. The van der Waals surface area contributed by atoms with E-state index in [0.29, 0.717) is 10.9 Å². The molecule has 0 saturated carbocycles. The number of piperidine rings is 1. The van der Waals surface area contributed by atoms with Gasteiger partial charge in [0.2, 0.25) is 5.08 Å². The summed E-state index contributed by atoms with van der Waals surface area (Å²) in [7, 11) is -7.41.